The Morgan fingerprint density at radius 3 is 2.12 bits per heavy atom. The van der Waals surface area contributed by atoms with Gasteiger partial charge in [-0.3, -0.25) is 9.59 Å². The second-order valence-corrected chi connectivity index (χ2v) is 7.64. The summed E-state index contributed by atoms with van der Waals surface area (Å²) in [6.07, 6.45) is -2.73. The lowest BCUT2D eigenvalue weighted by Crippen LogP contribution is -2.67. The Hall–Kier alpha value is -2.65. The normalized spacial score (nSPS) is 23.8. The molecule has 0 aliphatic carbocycles. The molecule has 2 saturated heterocycles. The van der Waals surface area contributed by atoms with Crippen LogP contribution < -0.4 is 10.9 Å². The molecule has 0 N–H and O–H groups in total. The summed E-state index contributed by atoms with van der Waals surface area (Å²) in [5.74, 6) is -1.00. The van der Waals surface area contributed by atoms with Crippen molar-refractivity contribution in [2.45, 2.75) is 38.3 Å². The average molecular weight is 438 g/mol. The molecule has 2 aliphatic heterocycles. The first kappa shape index (κ1) is 22.5. The van der Waals surface area contributed by atoms with E-state index in [-0.39, 0.29) is 13.2 Å². The van der Waals surface area contributed by atoms with Gasteiger partial charge in [-0.1, -0.05) is 60.7 Å². The molecule has 4 atom stereocenters. The lowest BCUT2D eigenvalue weighted by molar-refractivity contribution is -0.185. The number of hydrogen-bond donors (Lipinski definition) is 0. The van der Waals surface area contributed by atoms with Gasteiger partial charge in [0.2, 0.25) is 0 Å². The Kier molecular flexibility index (Phi) is 7.26. The smallest absolute Gasteiger partial charge is 0.462 e. The first-order valence-corrected chi connectivity index (χ1v) is 10.5. The van der Waals surface area contributed by atoms with Gasteiger partial charge in [0.05, 0.1) is 18.8 Å². The number of esters is 2. The van der Waals surface area contributed by atoms with Gasteiger partial charge in [0.1, 0.15) is 12.7 Å². The lowest BCUT2D eigenvalue weighted by Gasteiger charge is -2.46. The highest BCUT2D eigenvalue weighted by molar-refractivity contribution is 6.62. The molecule has 0 spiro atoms. The van der Waals surface area contributed by atoms with Crippen LogP contribution in [0.2, 0.25) is 0 Å². The molecule has 0 aromatic heterocycles. The van der Waals surface area contributed by atoms with Gasteiger partial charge in [0, 0.05) is 13.8 Å². The maximum atomic E-state index is 11.8. The quantitative estimate of drug-likeness (QED) is 0.476. The number of benzene rings is 2. The van der Waals surface area contributed by atoms with Crippen molar-refractivity contribution in [1.29, 1.82) is 0 Å². The second kappa shape index (κ2) is 10.3. The molecule has 4 rings (SSSR count). The second-order valence-electron chi connectivity index (χ2n) is 7.64. The third kappa shape index (κ3) is 5.39. The Morgan fingerprint density at radius 2 is 1.53 bits per heavy atom. The molecule has 2 aromatic carbocycles. The van der Waals surface area contributed by atoms with Gasteiger partial charge in [-0.2, -0.15) is 0 Å². The minimum absolute atomic E-state index is 0.162. The minimum atomic E-state index is -0.881. The van der Waals surface area contributed by atoms with Crippen LogP contribution in [0.5, 0.6) is 0 Å². The van der Waals surface area contributed by atoms with Gasteiger partial charge < -0.3 is 28.1 Å². The van der Waals surface area contributed by atoms with E-state index in [1.54, 1.807) is 0 Å². The minimum Gasteiger partial charge on any atom is -0.462 e. The van der Waals surface area contributed by atoms with Crippen LogP contribution in [0.3, 0.4) is 0 Å². The molecule has 2 aromatic rings. The van der Waals surface area contributed by atoms with E-state index in [1.807, 2.05) is 60.7 Å². The standard InChI is InChI=1S/C22H24B2O8/c1-15(25)27-13-19(29-16(2)26)21-22-20(30-24(32-21)18-11-7-4-8-12-18)14-28-23(31-22)17-9-5-3-6-10-17/h3-12,19-22H,13-14H2,1-2H3. The highest BCUT2D eigenvalue weighted by Gasteiger charge is 2.51. The Balaban J connectivity index is 1.62. The van der Waals surface area contributed by atoms with Crippen LogP contribution in [0, 0.1) is 0 Å². The van der Waals surface area contributed by atoms with Crippen molar-refractivity contribution in [2.24, 2.45) is 0 Å². The predicted molar refractivity (Wildman–Crippen MR) is 116 cm³/mol. The van der Waals surface area contributed by atoms with Gasteiger partial charge in [0.15, 0.2) is 6.10 Å². The monoisotopic (exact) mass is 438 g/mol. The van der Waals surface area contributed by atoms with E-state index < -0.39 is 50.6 Å². The van der Waals surface area contributed by atoms with Crippen LogP contribution in [0.4, 0.5) is 0 Å². The SMILES string of the molecule is CC(=O)OCC(OC(C)=O)C1OB(c2ccccc2)OC2COB(c3ccccc3)OC21. The molecule has 8 nitrogen and oxygen atoms in total. The fraction of sp³-hybridized carbons (Fsp3) is 0.364. The summed E-state index contributed by atoms with van der Waals surface area (Å²) >= 11 is 0. The van der Waals surface area contributed by atoms with Crippen LogP contribution >= 0.6 is 0 Å². The molecule has 0 radical (unpaired) electrons. The van der Waals surface area contributed by atoms with Gasteiger partial charge in [-0.15, -0.1) is 0 Å². The first-order valence-electron chi connectivity index (χ1n) is 10.5. The summed E-state index contributed by atoms with van der Waals surface area (Å²) in [5.41, 5.74) is 1.65. The third-order valence-corrected chi connectivity index (χ3v) is 5.24. The number of carbonyl (C=O) groups excluding carboxylic acids is 2. The molecular weight excluding hydrogens is 414 g/mol. The van der Waals surface area contributed by atoms with Crippen LogP contribution in [0.1, 0.15) is 13.8 Å². The molecule has 0 amide bonds. The number of rotatable bonds is 6. The fourth-order valence-electron chi connectivity index (χ4n) is 3.82. The van der Waals surface area contributed by atoms with Crippen molar-refractivity contribution >= 4 is 37.1 Å². The van der Waals surface area contributed by atoms with Crippen molar-refractivity contribution in [1.82, 2.24) is 0 Å². The zero-order chi connectivity index (χ0) is 22.5. The molecule has 2 fully saturated rings. The van der Waals surface area contributed by atoms with Crippen molar-refractivity contribution in [3.8, 4) is 0 Å². The van der Waals surface area contributed by atoms with E-state index in [2.05, 4.69) is 0 Å². The first-order chi connectivity index (χ1) is 15.5. The topological polar surface area (TPSA) is 89.5 Å². The van der Waals surface area contributed by atoms with E-state index >= 15 is 0 Å². The summed E-state index contributed by atoms with van der Waals surface area (Å²) in [4.78, 5) is 23.3. The van der Waals surface area contributed by atoms with Crippen molar-refractivity contribution < 1.29 is 37.7 Å². The molecule has 2 aliphatic rings. The molecular formula is C22H24B2O8. The van der Waals surface area contributed by atoms with Crippen molar-refractivity contribution in [3.63, 3.8) is 0 Å². The summed E-state index contributed by atoms with van der Waals surface area (Å²) in [7, 11) is -1.36. The number of hydrogen-bond acceptors (Lipinski definition) is 8. The van der Waals surface area contributed by atoms with E-state index in [9.17, 15) is 9.59 Å². The number of carbonyl (C=O) groups is 2. The maximum absolute atomic E-state index is 11.8. The average Bonchev–Trinajstić information content (AvgIpc) is 2.81. The molecule has 166 valence electrons. The largest absolute Gasteiger partial charge is 0.494 e. The van der Waals surface area contributed by atoms with Gasteiger partial charge in [-0.25, -0.2) is 0 Å². The Labute approximate surface area is 187 Å². The summed E-state index contributed by atoms with van der Waals surface area (Å²) in [6.45, 7) is 2.68. The Bertz CT molecular complexity index is 913. The van der Waals surface area contributed by atoms with Crippen LogP contribution in [0.15, 0.2) is 60.7 Å². The maximum Gasteiger partial charge on any atom is 0.494 e. The molecule has 4 unspecified atom stereocenters. The van der Waals surface area contributed by atoms with Gasteiger partial charge in [0.25, 0.3) is 0 Å². The van der Waals surface area contributed by atoms with E-state index in [0.29, 0.717) is 0 Å². The highest BCUT2D eigenvalue weighted by atomic mass is 16.7. The fourth-order valence-corrected chi connectivity index (χ4v) is 3.82. The van der Waals surface area contributed by atoms with Crippen LogP contribution in [0.25, 0.3) is 0 Å². The van der Waals surface area contributed by atoms with E-state index in [4.69, 9.17) is 28.1 Å². The molecule has 0 bridgehead atoms. The van der Waals surface area contributed by atoms with Gasteiger partial charge in [-0.05, 0) is 10.9 Å². The molecule has 32 heavy (non-hydrogen) atoms. The van der Waals surface area contributed by atoms with Crippen molar-refractivity contribution in [2.75, 3.05) is 13.2 Å². The Morgan fingerprint density at radius 1 is 0.906 bits per heavy atom. The highest BCUT2D eigenvalue weighted by Crippen LogP contribution is 2.28. The number of ether oxygens (including phenoxy) is 2. The summed E-state index contributed by atoms with van der Waals surface area (Å²) < 4.78 is 35.2. The third-order valence-electron chi connectivity index (χ3n) is 5.24. The molecule has 0 saturated carbocycles. The van der Waals surface area contributed by atoms with Gasteiger partial charge >= 0.3 is 26.2 Å². The summed E-state index contributed by atoms with van der Waals surface area (Å²) in [5, 5.41) is 0. The lowest BCUT2D eigenvalue weighted by atomic mass is 9.73. The van der Waals surface area contributed by atoms with Crippen molar-refractivity contribution in [3.05, 3.63) is 60.7 Å². The van der Waals surface area contributed by atoms with Crippen LogP contribution in [-0.2, 0) is 37.7 Å². The molecule has 2 heterocycles. The zero-order valence-corrected chi connectivity index (χ0v) is 17.9. The summed E-state index contributed by atoms with van der Waals surface area (Å²) in [6, 6.07) is 18.9. The van der Waals surface area contributed by atoms with E-state index in [1.165, 1.54) is 13.8 Å². The van der Waals surface area contributed by atoms with E-state index in [0.717, 1.165) is 10.9 Å². The van der Waals surface area contributed by atoms with Crippen LogP contribution in [-0.4, -0.2) is 63.8 Å². The predicted octanol–water partition coefficient (Wildman–Crippen LogP) is 0.471. The zero-order valence-electron chi connectivity index (χ0n) is 17.9. The number of fused-ring (bicyclic) bond motifs is 1. The molecule has 10 heteroatoms.